The van der Waals surface area contributed by atoms with Crippen molar-refractivity contribution >= 4 is 34.7 Å². The summed E-state index contributed by atoms with van der Waals surface area (Å²) in [4.78, 5) is 18.0. The summed E-state index contributed by atoms with van der Waals surface area (Å²) in [6.45, 7) is 6.41. The Bertz CT molecular complexity index is 578. The van der Waals surface area contributed by atoms with Crippen LogP contribution in [0.5, 0.6) is 0 Å². The normalized spacial score (nSPS) is 19.3. The average Bonchev–Trinajstić information content (AvgIpc) is 2.74. The first-order chi connectivity index (χ1) is 8.55. The van der Waals surface area contributed by atoms with Gasteiger partial charge in [-0.3, -0.25) is 0 Å². The monoisotopic (exact) mass is 264 g/mol. The van der Waals surface area contributed by atoms with E-state index in [4.69, 9.17) is 5.73 Å². The van der Waals surface area contributed by atoms with Gasteiger partial charge in [0, 0.05) is 23.6 Å². The topological polar surface area (TPSA) is 83.7 Å². The zero-order valence-electron chi connectivity index (χ0n) is 10.5. The van der Waals surface area contributed by atoms with Crippen LogP contribution in [-0.2, 0) is 0 Å². The highest BCUT2D eigenvalue weighted by Crippen LogP contribution is 2.33. The molecule has 3 heterocycles. The van der Waals surface area contributed by atoms with Gasteiger partial charge in [-0.05, 0) is 13.8 Å². The second-order valence-electron chi connectivity index (χ2n) is 5.04. The second kappa shape index (κ2) is 4.01. The summed E-state index contributed by atoms with van der Waals surface area (Å²) in [5.41, 5.74) is 7.25. The largest absolute Gasteiger partial charge is 0.368 e. The van der Waals surface area contributed by atoms with Crippen molar-refractivity contribution in [3.63, 3.8) is 0 Å². The summed E-state index contributed by atoms with van der Waals surface area (Å²) < 4.78 is 0.226. The van der Waals surface area contributed by atoms with Gasteiger partial charge < -0.3 is 15.6 Å². The van der Waals surface area contributed by atoms with Gasteiger partial charge in [-0.25, -0.2) is 4.98 Å². The van der Waals surface area contributed by atoms with Crippen molar-refractivity contribution in [3.8, 4) is 0 Å². The van der Waals surface area contributed by atoms with Gasteiger partial charge in [0.25, 0.3) is 0 Å². The maximum atomic E-state index is 5.75. The van der Waals surface area contributed by atoms with Crippen LogP contribution in [0.1, 0.15) is 13.8 Å². The molecule has 0 radical (unpaired) electrons. The fourth-order valence-corrected chi connectivity index (χ4v) is 3.37. The second-order valence-corrected chi connectivity index (χ2v) is 6.84. The zero-order valence-corrected chi connectivity index (χ0v) is 11.3. The number of anilines is 2. The molecule has 0 aliphatic carbocycles. The van der Waals surface area contributed by atoms with Gasteiger partial charge in [0.05, 0.1) is 6.33 Å². The summed E-state index contributed by atoms with van der Waals surface area (Å²) in [6.07, 6.45) is 1.63. The number of thioether (sulfide) groups is 1. The van der Waals surface area contributed by atoms with Crippen LogP contribution in [0.4, 0.5) is 11.8 Å². The average molecular weight is 264 g/mol. The van der Waals surface area contributed by atoms with Crippen LogP contribution in [0.2, 0.25) is 0 Å². The summed E-state index contributed by atoms with van der Waals surface area (Å²) in [7, 11) is 0. The smallest absolute Gasteiger partial charge is 0.224 e. The number of hydrogen-bond acceptors (Lipinski definition) is 6. The molecular weight excluding hydrogens is 248 g/mol. The number of nitrogens with zero attached hydrogens (tertiary/aromatic N) is 4. The molecule has 1 saturated heterocycles. The van der Waals surface area contributed by atoms with Crippen molar-refractivity contribution < 1.29 is 0 Å². The first-order valence-corrected chi connectivity index (χ1v) is 6.89. The van der Waals surface area contributed by atoms with Crippen molar-refractivity contribution in [1.82, 2.24) is 19.9 Å². The van der Waals surface area contributed by atoms with Gasteiger partial charge >= 0.3 is 0 Å². The molecule has 3 N–H and O–H groups in total. The third-order valence-corrected chi connectivity index (χ3v) is 4.31. The molecule has 0 atom stereocenters. The number of nitrogens with one attached hydrogen (secondary N) is 1. The fourth-order valence-electron chi connectivity index (χ4n) is 2.26. The molecule has 6 nitrogen and oxygen atoms in total. The highest BCUT2D eigenvalue weighted by Gasteiger charge is 2.29. The van der Waals surface area contributed by atoms with Crippen LogP contribution < -0.4 is 10.6 Å². The van der Waals surface area contributed by atoms with Crippen molar-refractivity contribution in [3.05, 3.63) is 6.33 Å². The molecule has 0 saturated carbocycles. The minimum Gasteiger partial charge on any atom is -0.368 e. The lowest BCUT2D eigenvalue weighted by Crippen LogP contribution is -2.43. The van der Waals surface area contributed by atoms with Crippen LogP contribution >= 0.6 is 11.8 Å². The van der Waals surface area contributed by atoms with E-state index in [0.717, 1.165) is 30.2 Å². The lowest BCUT2D eigenvalue weighted by atomic mass is 10.2. The SMILES string of the molecule is CC1(C)CN(c2nc(N)nc3nc[nH]c23)CCS1. The van der Waals surface area contributed by atoms with Gasteiger partial charge in [-0.15, -0.1) is 0 Å². The van der Waals surface area contributed by atoms with Gasteiger partial charge in [-0.1, -0.05) is 0 Å². The number of imidazole rings is 1. The van der Waals surface area contributed by atoms with Crippen molar-refractivity contribution in [1.29, 1.82) is 0 Å². The Labute approximate surface area is 109 Å². The third kappa shape index (κ3) is 1.98. The molecule has 0 aromatic carbocycles. The van der Waals surface area contributed by atoms with Gasteiger partial charge in [-0.2, -0.15) is 21.7 Å². The maximum absolute atomic E-state index is 5.75. The van der Waals surface area contributed by atoms with Crippen LogP contribution in [0.25, 0.3) is 11.2 Å². The Morgan fingerprint density at radius 3 is 3.06 bits per heavy atom. The number of nitrogen functional groups attached to an aromatic ring is 1. The number of aromatic nitrogens is 4. The molecule has 2 aromatic heterocycles. The first-order valence-electron chi connectivity index (χ1n) is 5.91. The van der Waals surface area contributed by atoms with Gasteiger partial charge in [0.1, 0.15) is 5.52 Å². The summed E-state index contributed by atoms with van der Waals surface area (Å²) >= 11 is 1.99. The van der Waals surface area contributed by atoms with Crippen molar-refractivity contribution in [2.45, 2.75) is 18.6 Å². The minimum absolute atomic E-state index is 0.226. The number of nitrogens with two attached hydrogens (primary N) is 1. The number of fused-ring (bicyclic) bond motifs is 1. The van der Waals surface area contributed by atoms with E-state index in [0.29, 0.717) is 5.65 Å². The van der Waals surface area contributed by atoms with E-state index in [9.17, 15) is 0 Å². The summed E-state index contributed by atoms with van der Waals surface area (Å²) in [5.74, 6) is 2.23. The van der Waals surface area contributed by atoms with Crippen LogP contribution in [0, 0.1) is 0 Å². The van der Waals surface area contributed by atoms with E-state index in [-0.39, 0.29) is 10.7 Å². The zero-order chi connectivity index (χ0) is 12.8. The molecule has 0 spiro atoms. The highest BCUT2D eigenvalue weighted by molar-refractivity contribution is 8.00. The molecule has 1 fully saturated rings. The Balaban J connectivity index is 2.05. The Morgan fingerprint density at radius 1 is 1.44 bits per heavy atom. The van der Waals surface area contributed by atoms with E-state index in [1.807, 2.05) is 11.8 Å². The van der Waals surface area contributed by atoms with Crippen LogP contribution in [0.15, 0.2) is 6.33 Å². The van der Waals surface area contributed by atoms with Crippen molar-refractivity contribution in [2.24, 2.45) is 0 Å². The van der Waals surface area contributed by atoms with Crippen molar-refractivity contribution in [2.75, 3.05) is 29.5 Å². The summed E-state index contributed by atoms with van der Waals surface area (Å²) in [5, 5.41) is 0. The highest BCUT2D eigenvalue weighted by atomic mass is 32.2. The molecule has 2 aromatic rings. The molecule has 0 amide bonds. The predicted molar refractivity (Wildman–Crippen MR) is 74.8 cm³/mol. The number of hydrogen-bond donors (Lipinski definition) is 2. The minimum atomic E-state index is 0.226. The maximum Gasteiger partial charge on any atom is 0.224 e. The molecule has 96 valence electrons. The molecule has 18 heavy (non-hydrogen) atoms. The van der Waals surface area contributed by atoms with Crippen LogP contribution in [-0.4, -0.2) is 43.5 Å². The molecule has 1 aliphatic heterocycles. The van der Waals surface area contributed by atoms with Crippen LogP contribution in [0.3, 0.4) is 0 Å². The third-order valence-electron chi connectivity index (χ3n) is 3.01. The first kappa shape index (κ1) is 11.6. The quantitative estimate of drug-likeness (QED) is 0.807. The lowest BCUT2D eigenvalue weighted by Gasteiger charge is -2.38. The van der Waals surface area contributed by atoms with Gasteiger partial charge in [0.15, 0.2) is 11.5 Å². The summed E-state index contributed by atoms with van der Waals surface area (Å²) in [6, 6.07) is 0. The molecule has 0 bridgehead atoms. The van der Waals surface area contributed by atoms with E-state index >= 15 is 0 Å². The number of aromatic amines is 1. The van der Waals surface area contributed by atoms with E-state index < -0.39 is 0 Å². The molecule has 0 unspecified atom stereocenters. The standard InChI is InChI=1S/C11H16N6S/c1-11(2)5-17(3-4-18-11)9-7-8(14-6-13-7)15-10(12)16-9/h6H,3-5H2,1-2H3,(H3,12,13,14,15,16). The Morgan fingerprint density at radius 2 is 2.28 bits per heavy atom. The van der Waals surface area contributed by atoms with E-state index in [1.165, 1.54) is 0 Å². The fraction of sp³-hybridized carbons (Fsp3) is 0.545. The molecule has 3 rings (SSSR count). The van der Waals surface area contributed by atoms with Gasteiger partial charge in [0.2, 0.25) is 5.95 Å². The number of H-pyrrole nitrogens is 1. The number of rotatable bonds is 1. The molecular formula is C11H16N6S. The Kier molecular flexibility index (Phi) is 2.58. The van der Waals surface area contributed by atoms with E-state index in [1.54, 1.807) is 6.33 Å². The molecule has 7 heteroatoms. The van der Waals surface area contributed by atoms with E-state index in [2.05, 4.69) is 38.7 Å². The molecule has 1 aliphatic rings. The lowest BCUT2D eigenvalue weighted by molar-refractivity contribution is 0.643. The predicted octanol–water partition coefficient (Wildman–Crippen LogP) is 1.27. The Hall–Kier alpha value is -1.50.